The van der Waals surface area contributed by atoms with E-state index in [1.807, 2.05) is 19.2 Å². The zero-order valence-corrected chi connectivity index (χ0v) is 12.1. The van der Waals surface area contributed by atoms with Crippen LogP contribution in [0.15, 0.2) is 12.1 Å². The first kappa shape index (κ1) is 14.5. The van der Waals surface area contributed by atoms with E-state index in [9.17, 15) is 14.7 Å². The molecule has 1 aliphatic heterocycles. The van der Waals surface area contributed by atoms with Crippen LogP contribution in [0.3, 0.4) is 0 Å². The number of carbonyl (C=O) groups is 2. The van der Waals surface area contributed by atoms with Gasteiger partial charge in [0.2, 0.25) is 5.91 Å². The first-order chi connectivity index (χ1) is 9.40. The third-order valence-electron chi connectivity index (χ3n) is 3.79. The summed E-state index contributed by atoms with van der Waals surface area (Å²) in [7, 11) is 2.02. The van der Waals surface area contributed by atoms with Crippen LogP contribution in [0, 0.1) is 0 Å². The quantitative estimate of drug-likeness (QED) is 0.883. The highest BCUT2D eigenvalue weighted by Gasteiger charge is 2.25. The van der Waals surface area contributed by atoms with E-state index >= 15 is 0 Å². The number of carboxylic acids is 1. The fourth-order valence-electron chi connectivity index (χ4n) is 2.68. The van der Waals surface area contributed by atoms with Crippen LogP contribution in [-0.4, -0.2) is 35.5 Å². The third kappa shape index (κ3) is 2.82. The van der Waals surface area contributed by atoms with Crippen molar-refractivity contribution in [2.75, 3.05) is 18.9 Å². The predicted octanol–water partition coefficient (Wildman–Crippen LogP) is 1.82. The molecular formula is C15H20N2O3. The summed E-state index contributed by atoms with van der Waals surface area (Å²) in [6.45, 7) is 4.81. The Bertz CT molecular complexity index is 554. The van der Waals surface area contributed by atoms with Gasteiger partial charge in [-0.05, 0) is 43.1 Å². The summed E-state index contributed by atoms with van der Waals surface area (Å²) in [4.78, 5) is 24.7. The monoisotopic (exact) mass is 276 g/mol. The Kier molecular flexibility index (Phi) is 4.09. The number of carbonyl (C=O) groups excluding carboxylic acids is 1. The number of likely N-dealkylation sites (N-methyl/N-ethyl adjacent to an activating group) is 1. The minimum absolute atomic E-state index is 0.106. The van der Waals surface area contributed by atoms with Gasteiger partial charge in [-0.15, -0.1) is 0 Å². The van der Waals surface area contributed by atoms with Crippen molar-refractivity contribution in [3.8, 4) is 0 Å². The van der Waals surface area contributed by atoms with Crippen molar-refractivity contribution < 1.29 is 14.7 Å². The number of fused-ring (bicyclic) bond motifs is 1. The number of aliphatic carboxylic acids is 1. The maximum Gasteiger partial charge on any atom is 0.310 e. The Morgan fingerprint density at radius 2 is 2.05 bits per heavy atom. The first-order valence-electron chi connectivity index (χ1n) is 6.73. The highest BCUT2D eigenvalue weighted by molar-refractivity contribution is 5.90. The molecule has 0 fully saturated rings. The number of hydrogen-bond donors (Lipinski definition) is 2. The number of anilines is 1. The molecule has 2 N–H and O–H groups in total. The molecule has 5 nitrogen and oxygen atoms in total. The van der Waals surface area contributed by atoms with E-state index in [1.54, 1.807) is 6.92 Å². The smallest absolute Gasteiger partial charge is 0.310 e. The van der Waals surface area contributed by atoms with Crippen molar-refractivity contribution in [3.63, 3.8) is 0 Å². The molecule has 108 valence electrons. The maximum absolute atomic E-state index is 11.3. The SMILES string of the molecule is CC(=O)Nc1ccc(C(C)C(=O)O)c2c1CCN(C)C2. The van der Waals surface area contributed by atoms with E-state index in [0.717, 1.165) is 41.9 Å². The van der Waals surface area contributed by atoms with Gasteiger partial charge in [-0.25, -0.2) is 0 Å². The molecule has 0 aliphatic carbocycles. The predicted molar refractivity (Wildman–Crippen MR) is 76.8 cm³/mol. The van der Waals surface area contributed by atoms with Crippen molar-refractivity contribution in [3.05, 3.63) is 28.8 Å². The second-order valence-corrected chi connectivity index (χ2v) is 5.39. The van der Waals surface area contributed by atoms with E-state index < -0.39 is 11.9 Å². The molecule has 0 spiro atoms. The number of hydrogen-bond acceptors (Lipinski definition) is 3. The molecule has 1 aromatic rings. The zero-order valence-electron chi connectivity index (χ0n) is 12.1. The number of nitrogens with one attached hydrogen (secondary N) is 1. The molecule has 0 saturated carbocycles. The number of rotatable bonds is 3. The van der Waals surface area contributed by atoms with Crippen molar-refractivity contribution in [1.82, 2.24) is 4.90 Å². The molecule has 0 radical (unpaired) electrons. The highest BCUT2D eigenvalue weighted by Crippen LogP contribution is 2.32. The minimum atomic E-state index is -0.826. The Morgan fingerprint density at radius 1 is 1.35 bits per heavy atom. The Balaban J connectivity index is 2.51. The summed E-state index contributed by atoms with van der Waals surface area (Å²) in [6, 6.07) is 3.64. The van der Waals surface area contributed by atoms with E-state index in [2.05, 4.69) is 10.2 Å². The lowest BCUT2D eigenvalue weighted by molar-refractivity contribution is -0.138. The molecule has 5 heteroatoms. The molecule has 1 atom stereocenters. The fourth-order valence-corrected chi connectivity index (χ4v) is 2.68. The zero-order chi connectivity index (χ0) is 14.9. The second-order valence-electron chi connectivity index (χ2n) is 5.39. The Labute approximate surface area is 118 Å². The van der Waals surface area contributed by atoms with Gasteiger partial charge < -0.3 is 15.3 Å². The summed E-state index contributed by atoms with van der Waals surface area (Å²) in [5.74, 6) is -1.47. The van der Waals surface area contributed by atoms with Crippen LogP contribution in [0.4, 0.5) is 5.69 Å². The van der Waals surface area contributed by atoms with E-state index in [1.165, 1.54) is 6.92 Å². The first-order valence-corrected chi connectivity index (χ1v) is 6.73. The van der Waals surface area contributed by atoms with Crippen LogP contribution in [0.5, 0.6) is 0 Å². The molecule has 0 saturated heterocycles. The van der Waals surface area contributed by atoms with Crippen molar-refractivity contribution >= 4 is 17.6 Å². The molecule has 20 heavy (non-hydrogen) atoms. The van der Waals surface area contributed by atoms with Crippen LogP contribution in [0.25, 0.3) is 0 Å². The number of carboxylic acid groups (broad SMARTS) is 1. The summed E-state index contributed by atoms with van der Waals surface area (Å²) in [5.41, 5.74) is 3.76. The van der Waals surface area contributed by atoms with Crippen molar-refractivity contribution in [2.45, 2.75) is 32.7 Å². The third-order valence-corrected chi connectivity index (χ3v) is 3.79. The van der Waals surface area contributed by atoms with E-state index in [4.69, 9.17) is 0 Å². The van der Waals surface area contributed by atoms with Crippen molar-refractivity contribution in [2.24, 2.45) is 0 Å². The molecule has 2 rings (SSSR count). The fraction of sp³-hybridized carbons (Fsp3) is 0.467. The molecule has 0 bridgehead atoms. The Hall–Kier alpha value is -1.88. The lowest BCUT2D eigenvalue weighted by Crippen LogP contribution is -2.29. The van der Waals surface area contributed by atoms with Gasteiger partial charge in [0.05, 0.1) is 5.92 Å². The van der Waals surface area contributed by atoms with Gasteiger partial charge >= 0.3 is 5.97 Å². The van der Waals surface area contributed by atoms with Crippen LogP contribution >= 0.6 is 0 Å². The van der Waals surface area contributed by atoms with E-state index in [0.29, 0.717) is 0 Å². The van der Waals surface area contributed by atoms with Gasteiger partial charge in [0.15, 0.2) is 0 Å². The summed E-state index contributed by atoms with van der Waals surface area (Å²) < 4.78 is 0. The average molecular weight is 276 g/mol. The van der Waals surface area contributed by atoms with Gasteiger partial charge in [0.1, 0.15) is 0 Å². The standard InChI is InChI=1S/C15H20N2O3/c1-9(15(19)20)11-4-5-14(16-10(2)18)12-6-7-17(3)8-13(11)12/h4-5,9H,6-8H2,1-3H3,(H,16,18)(H,19,20). The Morgan fingerprint density at radius 3 is 2.65 bits per heavy atom. The second kappa shape index (κ2) is 5.63. The van der Waals surface area contributed by atoms with Gasteiger partial charge in [-0.3, -0.25) is 9.59 Å². The summed E-state index contributed by atoms with van der Waals surface area (Å²) in [5, 5.41) is 12.1. The van der Waals surface area contributed by atoms with Gasteiger partial charge in [-0.1, -0.05) is 6.07 Å². The van der Waals surface area contributed by atoms with Crippen LogP contribution in [-0.2, 0) is 22.6 Å². The van der Waals surface area contributed by atoms with Gasteiger partial charge in [-0.2, -0.15) is 0 Å². The van der Waals surface area contributed by atoms with Crippen LogP contribution < -0.4 is 5.32 Å². The van der Waals surface area contributed by atoms with Crippen LogP contribution in [0.1, 0.15) is 36.5 Å². The minimum Gasteiger partial charge on any atom is -0.481 e. The lowest BCUT2D eigenvalue weighted by atomic mass is 9.87. The van der Waals surface area contributed by atoms with E-state index in [-0.39, 0.29) is 5.91 Å². The number of benzene rings is 1. The molecular weight excluding hydrogens is 256 g/mol. The maximum atomic E-state index is 11.3. The summed E-state index contributed by atoms with van der Waals surface area (Å²) in [6.07, 6.45) is 0.821. The number of nitrogens with zero attached hydrogens (tertiary/aromatic N) is 1. The number of amides is 1. The summed E-state index contributed by atoms with van der Waals surface area (Å²) >= 11 is 0. The topological polar surface area (TPSA) is 69.6 Å². The van der Waals surface area contributed by atoms with Gasteiger partial charge in [0, 0.05) is 25.7 Å². The molecule has 1 unspecified atom stereocenters. The largest absolute Gasteiger partial charge is 0.481 e. The highest BCUT2D eigenvalue weighted by atomic mass is 16.4. The molecule has 1 aliphatic rings. The molecule has 1 amide bonds. The average Bonchev–Trinajstić information content (AvgIpc) is 2.37. The normalized spacial score (nSPS) is 16.4. The molecule has 1 heterocycles. The lowest BCUT2D eigenvalue weighted by Gasteiger charge is -2.30. The molecule has 1 aromatic carbocycles. The van der Waals surface area contributed by atoms with Crippen molar-refractivity contribution in [1.29, 1.82) is 0 Å². The van der Waals surface area contributed by atoms with Gasteiger partial charge in [0.25, 0.3) is 0 Å². The van der Waals surface area contributed by atoms with Crippen LogP contribution in [0.2, 0.25) is 0 Å². The molecule has 0 aromatic heterocycles.